The van der Waals surface area contributed by atoms with Gasteiger partial charge in [0, 0.05) is 23.4 Å². The maximum Gasteiger partial charge on any atom is 0.0797 e. The van der Waals surface area contributed by atoms with Crippen molar-refractivity contribution in [2.75, 3.05) is 18.6 Å². The van der Waals surface area contributed by atoms with Gasteiger partial charge in [-0.25, -0.2) is 0 Å². The van der Waals surface area contributed by atoms with E-state index in [1.165, 1.54) is 33.2 Å². The summed E-state index contributed by atoms with van der Waals surface area (Å²) in [5, 5.41) is 0. The van der Waals surface area contributed by atoms with Gasteiger partial charge in [0.05, 0.1) is 17.5 Å². The second-order valence-corrected chi connectivity index (χ2v) is 6.81. The molecular weight excluding hydrogens is 290 g/mol. The van der Waals surface area contributed by atoms with Crippen LogP contribution >= 0.6 is 11.8 Å². The van der Waals surface area contributed by atoms with Gasteiger partial charge in [0.15, 0.2) is 0 Å². The van der Waals surface area contributed by atoms with E-state index in [1.807, 2.05) is 11.8 Å². The van der Waals surface area contributed by atoms with E-state index in [2.05, 4.69) is 68.3 Å². The van der Waals surface area contributed by atoms with Crippen LogP contribution in [-0.4, -0.2) is 13.7 Å². The Labute approximate surface area is 137 Å². The zero-order valence-corrected chi connectivity index (χ0v) is 14.3. The summed E-state index contributed by atoms with van der Waals surface area (Å²) in [6, 6.07) is 15.3. The van der Waals surface area contributed by atoms with Gasteiger partial charge in [-0.05, 0) is 43.2 Å². The van der Waals surface area contributed by atoms with E-state index in [4.69, 9.17) is 4.74 Å². The molecule has 2 aromatic rings. The molecule has 0 saturated heterocycles. The summed E-state index contributed by atoms with van der Waals surface area (Å²) >= 11 is 1.85. The average molecular weight is 313 g/mol. The number of ether oxygens (including phenoxy) is 1. The maximum atomic E-state index is 5.93. The number of benzene rings is 2. The fourth-order valence-corrected chi connectivity index (χ4v) is 3.91. The van der Waals surface area contributed by atoms with Crippen LogP contribution in [0.3, 0.4) is 0 Å². The highest BCUT2D eigenvalue weighted by Gasteiger charge is 2.21. The molecule has 0 aromatic heterocycles. The van der Waals surface area contributed by atoms with Crippen molar-refractivity contribution < 1.29 is 4.74 Å². The predicted molar refractivity (Wildman–Crippen MR) is 94.3 cm³/mol. The van der Waals surface area contributed by atoms with Crippen LogP contribution in [0.4, 0.5) is 11.4 Å². The second-order valence-electron chi connectivity index (χ2n) is 5.72. The Bertz CT molecular complexity index is 656. The molecule has 0 N–H and O–H groups in total. The Morgan fingerprint density at radius 1 is 1.09 bits per heavy atom. The van der Waals surface area contributed by atoms with Crippen LogP contribution in [0.15, 0.2) is 52.3 Å². The number of hydrogen-bond donors (Lipinski definition) is 0. The SMILES string of the molecule is CCCCO[C@@H](C)c1ccc2c(c1)Sc1ccccc1N2C. The van der Waals surface area contributed by atoms with Gasteiger partial charge in [0.1, 0.15) is 0 Å². The molecule has 22 heavy (non-hydrogen) atoms. The molecule has 116 valence electrons. The van der Waals surface area contributed by atoms with Gasteiger partial charge in [-0.2, -0.15) is 0 Å². The molecule has 3 rings (SSSR count). The van der Waals surface area contributed by atoms with E-state index in [0.29, 0.717) is 0 Å². The lowest BCUT2D eigenvalue weighted by molar-refractivity contribution is 0.0636. The molecule has 2 nitrogen and oxygen atoms in total. The lowest BCUT2D eigenvalue weighted by Gasteiger charge is -2.30. The highest BCUT2D eigenvalue weighted by atomic mass is 32.2. The minimum absolute atomic E-state index is 0.153. The van der Waals surface area contributed by atoms with Gasteiger partial charge in [-0.3, -0.25) is 0 Å². The molecule has 1 heterocycles. The van der Waals surface area contributed by atoms with Crippen molar-refractivity contribution in [2.45, 2.75) is 42.6 Å². The van der Waals surface area contributed by atoms with Crippen LogP contribution in [0.5, 0.6) is 0 Å². The molecule has 0 amide bonds. The van der Waals surface area contributed by atoms with E-state index in [9.17, 15) is 0 Å². The van der Waals surface area contributed by atoms with Crippen LogP contribution < -0.4 is 4.90 Å². The number of nitrogens with zero attached hydrogens (tertiary/aromatic N) is 1. The van der Waals surface area contributed by atoms with Gasteiger partial charge in [0.2, 0.25) is 0 Å². The number of fused-ring (bicyclic) bond motifs is 2. The molecule has 0 aliphatic carbocycles. The van der Waals surface area contributed by atoms with Crippen molar-refractivity contribution in [1.29, 1.82) is 0 Å². The fraction of sp³-hybridized carbons (Fsp3) is 0.368. The minimum Gasteiger partial charge on any atom is -0.374 e. The zero-order valence-electron chi connectivity index (χ0n) is 13.5. The Morgan fingerprint density at radius 2 is 1.86 bits per heavy atom. The van der Waals surface area contributed by atoms with Gasteiger partial charge in [-0.1, -0.05) is 43.3 Å². The first-order valence-corrected chi connectivity index (χ1v) is 8.78. The smallest absolute Gasteiger partial charge is 0.0797 e. The molecule has 0 bridgehead atoms. The molecule has 3 heteroatoms. The van der Waals surface area contributed by atoms with Crippen LogP contribution in [0.1, 0.15) is 38.4 Å². The second kappa shape index (κ2) is 6.76. The Hall–Kier alpha value is -1.45. The first kappa shape index (κ1) is 15.4. The summed E-state index contributed by atoms with van der Waals surface area (Å²) in [4.78, 5) is 4.90. The largest absolute Gasteiger partial charge is 0.374 e. The molecule has 0 spiro atoms. The quantitative estimate of drug-likeness (QED) is 0.648. The van der Waals surface area contributed by atoms with Crippen LogP contribution in [-0.2, 0) is 4.74 Å². The third-order valence-electron chi connectivity index (χ3n) is 4.13. The van der Waals surface area contributed by atoms with E-state index in [1.54, 1.807) is 0 Å². The highest BCUT2D eigenvalue weighted by molar-refractivity contribution is 7.99. The summed E-state index contributed by atoms with van der Waals surface area (Å²) in [5.41, 5.74) is 3.81. The molecule has 0 saturated carbocycles. The van der Waals surface area contributed by atoms with Crippen molar-refractivity contribution in [3.8, 4) is 0 Å². The number of anilines is 2. The first-order valence-electron chi connectivity index (χ1n) is 7.97. The van der Waals surface area contributed by atoms with Crippen molar-refractivity contribution in [3.63, 3.8) is 0 Å². The van der Waals surface area contributed by atoms with E-state index in [0.717, 1.165) is 13.0 Å². The van der Waals surface area contributed by atoms with E-state index < -0.39 is 0 Å². The van der Waals surface area contributed by atoms with Gasteiger partial charge >= 0.3 is 0 Å². The van der Waals surface area contributed by atoms with Crippen LogP contribution in [0.2, 0.25) is 0 Å². The molecule has 2 aromatic carbocycles. The first-order chi connectivity index (χ1) is 10.7. The summed E-state index contributed by atoms with van der Waals surface area (Å²) in [6.45, 7) is 5.17. The normalized spacial score (nSPS) is 14.4. The van der Waals surface area contributed by atoms with Crippen molar-refractivity contribution in [1.82, 2.24) is 0 Å². The van der Waals surface area contributed by atoms with Crippen LogP contribution in [0.25, 0.3) is 0 Å². The molecule has 0 unspecified atom stereocenters. The van der Waals surface area contributed by atoms with Crippen molar-refractivity contribution in [3.05, 3.63) is 48.0 Å². The summed E-state index contributed by atoms with van der Waals surface area (Å²) < 4.78 is 5.93. The lowest BCUT2D eigenvalue weighted by atomic mass is 10.1. The monoisotopic (exact) mass is 313 g/mol. The minimum atomic E-state index is 0.153. The summed E-state index contributed by atoms with van der Waals surface area (Å²) in [5.74, 6) is 0. The van der Waals surface area contributed by atoms with Crippen molar-refractivity contribution in [2.24, 2.45) is 0 Å². The third kappa shape index (κ3) is 3.01. The number of rotatable bonds is 5. The van der Waals surface area contributed by atoms with Crippen molar-refractivity contribution >= 4 is 23.1 Å². The van der Waals surface area contributed by atoms with Gasteiger partial charge in [0.25, 0.3) is 0 Å². The molecule has 0 radical (unpaired) electrons. The number of para-hydroxylation sites is 1. The Balaban J connectivity index is 1.83. The molecule has 0 fully saturated rings. The zero-order chi connectivity index (χ0) is 15.5. The van der Waals surface area contributed by atoms with Gasteiger partial charge < -0.3 is 9.64 Å². The number of unbranched alkanes of at least 4 members (excludes halogenated alkanes) is 1. The average Bonchev–Trinajstić information content (AvgIpc) is 2.55. The highest BCUT2D eigenvalue weighted by Crippen LogP contribution is 2.47. The molecule has 1 atom stereocenters. The van der Waals surface area contributed by atoms with Crippen LogP contribution in [0, 0.1) is 0 Å². The standard InChI is InChI=1S/C19H23NOS/c1-4-5-12-21-14(2)15-10-11-17-19(13-15)22-18-9-7-6-8-16(18)20(17)3/h6-11,13-14H,4-5,12H2,1-3H3/t14-/m0/s1. The molecule has 1 aliphatic heterocycles. The van der Waals surface area contributed by atoms with Gasteiger partial charge in [-0.15, -0.1) is 0 Å². The molecule has 1 aliphatic rings. The topological polar surface area (TPSA) is 12.5 Å². The predicted octanol–water partition coefficient (Wildman–Crippen LogP) is 5.80. The number of hydrogen-bond acceptors (Lipinski definition) is 3. The van der Waals surface area contributed by atoms with E-state index in [-0.39, 0.29) is 6.10 Å². The lowest BCUT2D eigenvalue weighted by Crippen LogP contribution is -2.15. The fourth-order valence-electron chi connectivity index (χ4n) is 2.71. The summed E-state index contributed by atoms with van der Waals surface area (Å²) in [6.07, 6.45) is 2.45. The third-order valence-corrected chi connectivity index (χ3v) is 5.24. The molecular formula is C19H23NOS. The Morgan fingerprint density at radius 3 is 2.68 bits per heavy atom. The maximum absolute atomic E-state index is 5.93. The van der Waals surface area contributed by atoms with E-state index >= 15 is 0 Å². The summed E-state index contributed by atoms with van der Waals surface area (Å²) in [7, 11) is 2.14. The Kier molecular flexibility index (Phi) is 4.74.